The zero-order chi connectivity index (χ0) is 9.84. The summed E-state index contributed by atoms with van der Waals surface area (Å²) >= 11 is 0. The minimum absolute atomic E-state index is 0.0427. The largest absolute Gasteiger partial charge is 0.490 e. The maximum absolute atomic E-state index is 11.5. The van der Waals surface area contributed by atoms with Crippen LogP contribution in [0.15, 0.2) is 24.3 Å². The zero-order valence-electron chi connectivity index (χ0n) is 7.78. The number of benzene rings is 1. The lowest BCUT2D eigenvalue weighted by atomic mass is 10.2. The first-order valence-electron chi connectivity index (χ1n) is 3.89. The Morgan fingerprint density at radius 2 is 2.15 bits per heavy atom. The molecule has 0 saturated heterocycles. The Kier molecular flexibility index (Phi) is 2.90. The van der Waals surface area contributed by atoms with Crippen molar-refractivity contribution < 1.29 is 9.53 Å². The fourth-order valence-corrected chi connectivity index (χ4v) is 0.977. The van der Waals surface area contributed by atoms with Gasteiger partial charge in [-0.05, 0) is 18.2 Å². The van der Waals surface area contributed by atoms with Crippen molar-refractivity contribution in [3.05, 3.63) is 36.9 Å². The summed E-state index contributed by atoms with van der Waals surface area (Å²) in [6.07, 6.45) is 0. The molecule has 0 spiro atoms. The van der Waals surface area contributed by atoms with Crippen LogP contribution in [0.25, 0.3) is 0 Å². The molecule has 1 aromatic rings. The monoisotopic (exact) mass is 178 g/mol. The first-order chi connectivity index (χ1) is 6.15. The zero-order valence-corrected chi connectivity index (χ0v) is 7.78. The fraction of sp³-hybridized carbons (Fsp3) is 0.200. The predicted octanol–water partition coefficient (Wildman–Crippen LogP) is 1.56. The molecule has 3 nitrogen and oxygen atoms in total. The smallest absolute Gasteiger partial charge is 0.253 e. The van der Waals surface area contributed by atoms with Gasteiger partial charge in [-0.25, -0.2) is 0 Å². The highest BCUT2D eigenvalue weighted by Crippen LogP contribution is 2.13. The third-order valence-corrected chi connectivity index (χ3v) is 1.65. The van der Waals surface area contributed by atoms with Gasteiger partial charge in [0.25, 0.3) is 5.91 Å². The van der Waals surface area contributed by atoms with E-state index >= 15 is 0 Å². The van der Waals surface area contributed by atoms with Gasteiger partial charge in [-0.2, -0.15) is 0 Å². The van der Waals surface area contributed by atoms with Crippen molar-refractivity contribution in [2.75, 3.05) is 14.1 Å². The Balaban J connectivity index is 2.95. The van der Waals surface area contributed by atoms with Gasteiger partial charge in [-0.15, -0.1) is 0 Å². The van der Waals surface area contributed by atoms with E-state index in [1.54, 1.807) is 38.4 Å². The van der Waals surface area contributed by atoms with Crippen LogP contribution >= 0.6 is 0 Å². The van der Waals surface area contributed by atoms with Crippen molar-refractivity contribution in [3.63, 3.8) is 0 Å². The summed E-state index contributed by atoms with van der Waals surface area (Å²) in [4.78, 5) is 13.0. The van der Waals surface area contributed by atoms with Gasteiger partial charge in [-0.1, -0.05) is 6.07 Å². The number of nitrogens with zero attached hydrogens (tertiary/aromatic N) is 1. The van der Waals surface area contributed by atoms with E-state index in [2.05, 4.69) is 7.11 Å². The number of amides is 1. The lowest BCUT2D eigenvalue weighted by Crippen LogP contribution is -2.21. The predicted molar refractivity (Wildman–Crippen MR) is 50.4 cm³/mol. The third kappa shape index (κ3) is 2.21. The number of hydrogen-bond acceptors (Lipinski definition) is 2. The van der Waals surface area contributed by atoms with Crippen molar-refractivity contribution in [3.8, 4) is 5.75 Å². The van der Waals surface area contributed by atoms with E-state index in [0.717, 1.165) is 0 Å². The number of ether oxygens (including phenoxy) is 1. The molecule has 13 heavy (non-hydrogen) atoms. The Morgan fingerprint density at radius 1 is 1.46 bits per heavy atom. The third-order valence-electron chi connectivity index (χ3n) is 1.65. The maximum atomic E-state index is 11.5. The molecule has 0 N–H and O–H groups in total. The van der Waals surface area contributed by atoms with E-state index in [1.807, 2.05) is 0 Å². The van der Waals surface area contributed by atoms with Gasteiger partial charge in [0.2, 0.25) is 0 Å². The van der Waals surface area contributed by atoms with Crippen LogP contribution in [0, 0.1) is 7.11 Å². The Hall–Kier alpha value is -1.51. The highest BCUT2D eigenvalue weighted by molar-refractivity contribution is 5.94. The molecule has 0 aliphatic carbocycles. The molecule has 0 heterocycles. The van der Waals surface area contributed by atoms with Crippen LogP contribution in [-0.2, 0) is 0 Å². The van der Waals surface area contributed by atoms with Crippen LogP contribution in [0.4, 0.5) is 0 Å². The molecule has 1 aromatic carbocycles. The quantitative estimate of drug-likeness (QED) is 0.687. The number of carbonyl (C=O) groups is 1. The maximum Gasteiger partial charge on any atom is 0.253 e. The fourth-order valence-electron chi connectivity index (χ4n) is 0.977. The molecule has 0 unspecified atom stereocenters. The van der Waals surface area contributed by atoms with Gasteiger partial charge in [0, 0.05) is 19.7 Å². The minimum Gasteiger partial charge on any atom is -0.490 e. The Labute approximate surface area is 77.9 Å². The lowest BCUT2D eigenvalue weighted by Gasteiger charge is -2.10. The number of hydrogen-bond donors (Lipinski definition) is 0. The van der Waals surface area contributed by atoms with E-state index < -0.39 is 0 Å². The first kappa shape index (κ1) is 9.58. The van der Waals surface area contributed by atoms with E-state index in [9.17, 15) is 4.79 Å². The molecule has 0 fully saturated rings. The first-order valence-corrected chi connectivity index (χ1v) is 3.89. The second-order valence-electron chi connectivity index (χ2n) is 2.87. The number of carbonyl (C=O) groups excluding carboxylic acids is 1. The lowest BCUT2D eigenvalue weighted by molar-refractivity contribution is 0.0827. The van der Waals surface area contributed by atoms with Crippen LogP contribution in [0.1, 0.15) is 10.4 Å². The summed E-state index contributed by atoms with van der Waals surface area (Å²) in [7, 11) is 6.69. The van der Waals surface area contributed by atoms with Crippen molar-refractivity contribution in [1.29, 1.82) is 0 Å². The molecular weight excluding hydrogens is 166 g/mol. The van der Waals surface area contributed by atoms with Crippen LogP contribution in [-0.4, -0.2) is 24.9 Å². The average molecular weight is 178 g/mol. The second kappa shape index (κ2) is 3.94. The topological polar surface area (TPSA) is 29.5 Å². The van der Waals surface area contributed by atoms with Crippen LogP contribution in [0.2, 0.25) is 0 Å². The van der Waals surface area contributed by atoms with E-state index in [4.69, 9.17) is 4.74 Å². The highest BCUT2D eigenvalue weighted by Gasteiger charge is 2.07. The molecule has 0 bridgehead atoms. The summed E-state index contributed by atoms with van der Waals surface area (Å²) in [5.74, 6) is 0.548. The molecule has 0 aromatic heterocycles. The molecule has 69 valence electrons. The van der Waals surface area contributed by atoms with Crippen molar-refractivity contribution in [2.45, 2.75) is 0 Å². The normalized spacial score (nSPS) is 9.46. The number of rotatable bonds is 2. The van der Waals surface area contributed by atoms with E-state index in [0.29, 0.717) is 11.3 Å². The molecule has 0 saturated carbocycles. The van der Waals surface area contributed by atoms with Crippen molar-refractivity contribution >= 4 is 5.91 Å². The molecule has 1 amide bonds. The molecule has 1 radical (unpaired) electrons. The Morgan fingerprint density at radius 3 is 2.69 bits per heavy atom. The van der Waals surface area contributed by atoms with Gasteiger partial charge in [0.05, 0.1) is 0 Å². The molecule has 0 atom stereocenters. The van der Waals surface area contributed by atoms with Crippen LogP contribution in [0.3, 0.4) is 0 Å². The summed E-state index contributed by atoms with van der Waals surface area (Å²) in [6.45, 7) is 0. The molecule has 0 aliphatic heterocycles. The summed E-state index contributed by atoms with van der Waals surface area (Å²) in [5.41, 5.74) is 0.603. The molecule has 1 rings (SSSR count). The van der Waals surface area contributed by atoms with E-state index in [1.165, 1.54) is 4.90 Å². The van der Waals surface area contributed by atoms with Gasteiger partial charge in [-0.3, -0.25) is 4.79 Å². The van der Waals surface area contributed by atoms with Gasteiger partial charge >= 0.3 is 0 Å². The SMILES string of the molecule is [CH2]Oc1cccc(C(=O)N(C)C)c1. The van der Waals surface area contributed by atoms with Crippen molar-refractivity contribution in [1.82, 2.24) is 4.90 Å². The van der Waals surface area contributed by atoms with Crippen LogP contribution in [0.5, 0.6) is 5.75 Å². The highest BCUT2D eigenvalue weighted by atomic mass is 16.5. The molecule has 0 aliphatic rings. The Bertz CT molecular complexity index is 308. The summed E-state index contributed by atoms with van der Waals surface area (Å²) in [6, 6.07) is 6.91. The van der Waals surface area contributed by atoms with Gasteiger partial charge in [0.15, 0.2) is 0 Å². The van der Waals surface area contributed by atoms with Crippen LogP contribution < -0.4 is 4.74 Å². The van der Waals surface area contributed by atoms with E-state index in [-0.39, 0.29) is 5.91 Å². The van der Waals surface area contributed by atoms with Gasteiger partial charge in [0.1, 0.15) is 12.9 Å². The summed E-state index contributed by atoms with van der Waals surface area (Å²) < 4.78 is 4.76. The second-order valence-corrected chi connectivity index (χ2v) is 2.87. The molecule has 3 heteroatoms. The minimum atomic E-state index is -0.0427. The standard InChI is InChI=1S/C10H12NO2/c1-11(2)10(12)8-5-4-6-9(7-8)13-3/h4-7H,3H2,1-2H3. The molecular formula is C10H12NO2. The summed E-state index contributed by atoms with van der Waals surface area (Å²) in [5, 5.41) is 0. The average Bonchev–Trinajstić information content (AvgIpc) is 2.16. The van der Waals surface area contributed by atoms with Gasteiger partial charge < -0.3 is 9.64 Å². The van der Waals surface area contributed by atoms with Crippen molar-refractivity contribution in [2.24, 2.45) is 0 Å².